The molecule has 8 aromatic carbocycles. The molecule has 11 rings (SSSR count). The van der Waals surface area contributed by atoms with Gasteiger partial charge in [0.2, 0.25) is 0 Å². The van der Waals surface area contributed by atoms with Crippen LogP contribution in [-0.2, 0) is 0 Å². The fourth-order valence-electron chi connectivity index (χ4n) is 8.30. The van der Waals surface area contributed by atoms with Gasteiger partial charge in [-0.05, 0) is 70.3 Å². The van der Waals surface area contributed by atoms with E-state index in [1.165, 1.54) is 27.6 Å². The Balaban J connectivity index is 1.11. The summed E-state index contributed by atoms with van der Waals surface area (Å²) in [6, 6.07) is 73.0. The predicted molar refractivity (Wildman–Crippen MR) is 233 cm³/mol. The predicted octanol–water partition coefficient (Wildman–Crippen LogP) is 14.4. The van der Waals surface area contributed by atoms with Crippen LogP contribution in [0.25, 0.3) is 105 Å². The number of hydrogen-bond acceptors (Lipinski definition) is 2. The van der Waals surface area contributed by atoms with Crippen molar-refractivity contribution >= 4 is 43.7 Å². The van der Waals surface area contributed by atoms with Gasteiger partial charge < -0.3 is 8.98 Å². The minimum Gasteiger partial charge on any atom is -0.455 e. The highest BCUT2D eigenvalue weighted by atomic mass is 16.3. The van der Waals surface area contributed by atoms with Gasteiger partial charge in [-0.2, -0.15) is 0 Å². The van der Waals surface area contributed by atoms with Gasteiger partial charge in [0, 0.05) is 38.5 Å². The van der Waals surface area contributed by atoms with Crippen molar-refractivity contribution in [2.45, 2.75) is 0 Å². The summed E-state index contributed by atoms with van der Waals surface area (Å²) in [6.07, 6.45) is 0. The van der Waals surface area contributed by atoms with Gasteiger partial charge in [-0.1, -0.05) is 164 Å². The first kappa shape index (κ1) is 32.0. The van der Waals surface area contributed by atoms with Crippen LogP contribution in [0.4, 0.5) is 0 Å². The van der Waals surface area contributed by atoms with Crippen molar-refractivity contribution in [2.24, 2.45) is 0 Å². The molecule has 0 spiro atoms. The summed E-state index contributed by atoms with van der Waals surface area (Å²) in [5.74, 6) is 0. The smallest absolute Gasteiger partial charge is 0.145 e. The molecule has 0 radical (unpaired) electrons. The van der Waals surface area contributed by atoms with Gasteiger partial charge in [0.05, 0.1) is 27.8 Å². The quantitative estimate of drug-likeness (QED) is 0.172. The number of benzene rings is 8. The highest BCUT2D eigenvalue weighted by Gasteiger charge is 2.21. The minimum absolute atomic E-state index is 0.869. The summed E-state index contributed by atoms with van der Waals surface area (Å²) in [5, 5.41) is 4.49. The fourth-order valence-corrected chi connectivity index (χ4v) is 8.30. The normalized spacial score (nSPS) is 11.6. The molecule has 0 aliphatic rings. The van der Waals surface area contributed by atoms with E-state index in [-0.39, 0.29) is 0 Å². The van der Waals surface area contributed by atoms with Crippen LogP contribution in [-0.4, -0.2) is 9.55 Å². The summed E-state index contributed by atoms with van der Waals surface area (Å²) in [5.41, 5.74) is 15.9. The lowest BCUT2D eigenvalue weighted by molar-refractivity contribution is 0.674. The van der Waals surface area contributed by atoms with Crippen molar-refractivity contribution in [2.75, 3.05) is 0 Å². The van der Waals surface area contributed by atoms with Crippen LogP contribution in [0.1, 0.15) is 0 Å². The zero-order valence-corrected chi connectivity index (χ0v) is 30.4. The van der Waals surface area contributed by atoms with Crippen molar-refractivity contribution in [1.82, 2.24) is 9.55 Å². The molecule has 0 aliphatic heterocycles. The molecule has 0 amide bonds. The zero-order chi connectivity index (χ0) is 37.0. The maximum absolute atomic E-state index is 7.10. The van der Waals surface area contributed by atoms with Crippen LogP contribution in [0.3, 0.4) is 0 Å². The van der Waals surface area contributed by atoms with Gasteiger partial charge in [-0.15, -0.1) is 0 Å². The van der Waals surface area contributed by atoms with Crippen molar-refractivity contribution in [3.05, 3.63) is 206 Å². The second-order valence-electron chi connectivity index (χ2n) is 14.3. The molecule has 0 atom stereocenters. The molecular formula is C53H34N2O. The highest BCUT2D eigenvalue weighted by molar-refractivity contribution is 6.24. The number of hydrogen-bond donors (Lipinski definition) is 0. The molecule has 11 aromatic rings. The van der Waals surface area contributed by atoms with E-state index in [4.69, 9.17) is 9.40 Å². The van der Waals surface area contributed by atoms with Crippen molar-refractivity contribution in [1.29, 1.82) is 0 Å². The van der Waals surface area contributed by atoms with E-state index >= 15 is 0 Å². The van der Waals surface area contributed by atoms with Crippen LogP contribution in [0, 0.1) is 0 Å². The third-order valence-corrected chi connectivity index (χ3v) is 11.0. The molecule has 0 bridgehead atoms. The Bertz CT molecular complexity index is 3100. The maximum atomic E-state index is 7.10. The monoisotopic (exact) mass is 714 g/mol. The third-order valence-electron chi connectivity index (χ3n) is 11.0. The Morgan fingerprint density at radius 1 is 0.339 bits per heavy atom. The molecule has 3 aromatic heterocycles. The Morgan fingerprint density at radius 2 is 0.839 bits per heavy atom. The Kier molecular flexibility index (Phi) is 7.49. The van der Waals surface area contributed by atoms with Gasteiger partial charge in [0.1, 0.15) is 11.2 Å². The molecular weight excluding hydrogens is 681 g/mol. The third kappa shape index (κ3) is 5.32. The summed E-state index contributed by atoms with van der Waals surface area (Å²) >= 11 is 0. The molecule has 0 saturated heterocycles. The average Bonchev–Trinajstić information content (AvgIpc) is 3.83. The number of aromatic nitrogens is 2. The van der Waals surface area contributed by atoms with Gasteiger partial charge in [0.15, 0.2) is 0 Å². The summed E-state index contributed by atoms with van der Waals surface area (Å²) in [6.45, 7) is 0. The molecule has 0 N–H and O–H groups in total. The number of pyridine rings is 1. The molecule has 0 unspecified atom stereocenters. The van der Waals surface area contributed by atoms with Crippen LogP contribution in [0.2, 0.25) is 0 Å². The summed E-state index contributed by atoms with van der Waals surface area (Å²) in [7, 11) is 0. The molecule has 3 nitrogen and oxygen atoms in total. The van der Waals surface area contributed by atoms with E-state index < -0.39 is 0 Å². The van der Waals surface area contributed by atoms with Gasteiger partial charge in [0.25, 0.3) is 0 Å². The Labute approximate surface area is 324 Å². The fraction of sp³-hybridized carbons (Fsp3) is 0. The van der Waals surface area contributed by atoms with E-state index in [2.05, 4.69) is 211 Å². The van der Waals surface area contributed by atoms with E-state index in [9.17, 15) is 0 Å². The number of fused-ring (bicyclic) bond motifs is 7. The SMILES string of the molecule is c1ccc(-c2ccc(-c3cc(-c4cccc5c4oc4c5ccc5c4c4ccccc4n5-c4ccccc4)cc(-c4ccc(-c5ccccc5)cc4)n3)cc2)cc1. The average molecular weight is 715 g/mol. The molecule has 3 heteroatoms. The second-order valence-corrected chi connectivity index (χ2v) is 14.3. The highest BCUT2D eigenvalue weighted by Crippen LogP contribution is 2.43. The Morgan fingerprint density at radius 3 is 1.46 bits per heavy atom. The Hall–Kier alpha value is -7.49. The van der Waals surface area contributed by atoms with E-state index in [0.717, 1.165) is 77.7 Å². The molecule has 0 fully saturated rings. The number of nitrogens with zero attached hydrogens (tertiary/aromatic N) is 2. The molecule has 0 aliphatic carbocycles. The zero-order valence-electron chi connectivity index (χ0n) is 30.4. The van der Waals surface area contributed by atoms with Crippen LogP contribution in [0.5, 0.6) is 0 Å². The van der Waals surface area contributed by atoms with Crippen LogP contribution >= 0.6 is 0 Å². The maximum Gasteiger partial charge on any atom is 0.145 e. The second kappa shape index (κ2) is 13.1. The lowest BCUT2D eigenvalue weighted by Crippen LogP contribution is -1.92. The number of para-hydroxylation sites is 3. The topological polar surface area (TPSA) is 31.0 Å². The molecule has 0 saturated carbocycles. The van der Waals surface area contributed by atoms with Gasteiger partial charge in [-0.3, -0.25) is 0 Å². The standard InChI is InChI=1S/C53H34N2O/c1-4-13-35(14-5-1)37-23-27-39(28-24-37)47-33-41(34-48(54-47)40-29-25-38(26-30-40)36-15-6-2-7-16-36)43-20-12-21-44-45-31-32-50-51(53(45)56-52(43)44)46-19-10-11-22-49(46)55(50)42-17-8-3-9-18-42/h1-34H. The number of furan rings is 1. The van der Waals surface area contributed by atoms with Crippen molar-refractivity contribution in [3.63, 3.8) is 0 Å². The van der Waals surface area contributed by atoms with Crippen molar-refractivity contribution in [3.8, 4) is 61.6 Å². The first-order chi connectivity index (χ1) is 27.8. The molecule has 56 heavy (non-hydrogen) atoms. The summed E-state index contributed by atoms with van der Waals surface area (Å²) < 4.78 is 9.43. The lowest BCUT2D eigenvalue weighted by atomic mass is 9.96. The lowest BCUT2D eigenvalue weighted by Gasteiger charge is -2.12. The van der Waals surface area contributed by atoms with Crippen LogP contribution < -0.4 is 0 Å². The van der Waals surface area contributed by atoms with Gasteiger partial charge >= 0.3 is 0 Å². The largest absolute Gasteiger partial charge is 0.455 e. The van der Waals surface area contributed by atoms with E-state index in [1.54, 1.807) is 0 Å². The first-order valence-corrected chi connectivity index (χ1v) is 19.0. The number of rotatable bonds is 6. The van der Waals surface area contributed by atoms with Crippen LogP contribution in [0.15, 0.2) is 211 Å². The van der Waals surface area contributed by atoms with E-state index in [0.29, 0.717) is 0 Å². The minimum atomic E-state index is 0.869. The van der Waals surface area contributed by atoms with E-state index in [1.807, 2.05) is 0 Å². The first-order valence-electron chi connectivity index (χ1n) is 19.0. The summed E-state index contributed by atoms with van der Waals surface area (Å²) in [4.78, 5) is 5.30. The molecule has 3 heterocycles. The van der Waals surface area contributed by atoms with Gasteiger partial charge in [-0.25, -0.2) is 4.98 Å². The molecule has 262 valence electrons. The van der Waals surface area contributed by atoms with Crippen molar-refractivity contribution < 1.29 is 4.42 Å².